The van der Waals surface area contributed by atoms with Crippen LogP contribution in [0.3, 0.4) is 0 Å². The Labute approximate surface area is 112 Å². The lowest BCUT2D eigenvalue weighted by Gasteiger charge is -2.20. The van der Waals surface area contributed by atoms with Gasteiger partial charge in [0.2, 0.25) is 0 Å². The van der Waals surface area contributed by atoms with Crippen LogP contribution in [0, 0.1) is 0 Å². The van der Waals surface area contributed by atoms with Crippen LogP contribution in [0.4, 0.5) is 5.69 Å². The van der Waals surface area contributed by atoms with Gasteiger partial charge in [0.25, 0.3) is 0 Å². The van der Waals surface area contributed by atoms with Gasteiger partial charge in [-0.05, 0) is 30.7 Å². The third-order valence-electron chi connectivity index (χ3n) is 2.77. The average molecular weight is 261 g/mol. The van der Waals surface area contributed by atoms with Crippen molar-refractivity contribution in [2.45, 2.75) is 26.4 Å². The molecule has 0 saturated heterocycles. The van der Waals surface area contributed by atoms with Crippen molar-refractivity contribution in [3.63, 3.8) is 0 Å². The molecular formula is C14H19N3S. The van der Waals surface area contributed by atoms with Crippen LogP contribution in [-0.4, -0.2) is 16.4 Å². The summed E-state index contributed by atoms with van der Waals surface area (Å²) in [7, 11) is 0. The van der Waals surface area contributed by atoms with Gasteiger partial charge in [-0.1, -0.05) is 19.1 Å². The number of benzene rings is 1. The summed E-state index contributed by atoms with van der Waals surface area (Å²) >= 11 is 1.72. The molecule has 0 bridgehead atoms. The van der Waals surface area contributed by atoms with Crippen LogP contribution in [0.15, 0.2) is 35.8 Å². The van der Waals surface area contributed by atoms with Crippen molar-refractivity contribution >= 4 is 17.0 Å². The molecule has 0 radical (unpaired) electrons. The van der Waals surface area contributed by atoms with E-state index in [0.717, 1.165) is 31.7 Å². The van der Waals surface area contributed by atoms with Gasteiger partial charge in [-0.3, -0.25) is 4.90 Å². The molecule has 2 rings (SSSR count). The van der Waals surface area contributed by atoms with E-state index in [0.29, 0.717) is 0 Å². The number of anilines is 1. The molecule has 0 fully saturated rings. The molecule has 0 aliphatic heterocycles. The van der Waals surface area contributed by atoms with Crippen molar-refractivity contribution in [2.24, 2.45) is 0 Å². The predicted octanol–water partition coefficient (Wildman–Crippen LogP) is 3.14. The first-order valence-electron chi connectivity index (χ1n) is 6.23. The van der Waals surface area contributed by atoms with E-state index in [2.05, 4.69) is 28.9 Å². The van der Waals surface area contributed by atoms with Gasteiger partial charge in [0, 0.05) is 23.8 Å². The summed E-state index contributed by atoms with van der Waals surface area (Å²) in [6.07, 6.45) is 3.02. The highest BCUT2D eigenvalue weighted by Gasteiger charge is 2.07. The molecule has 0 unspecified atom stereocenters. The largest absolute Gasteiger partial charge is 0.399 e. The van der Waals surface area contributed by atoms with E-state index < -0.39 is 0 Å². The fraction of sp³-hybridized carbons (Fsp3) is 0.357. The van der Waals surface area contributed by atoms with Gasteiger partial charge in [0.1, 0.15) is 5.01 Å². The SMILES string of the molecule is CCCN(Cc1ccc(N)cc1)Cc1nccs1. The van der Waals surface area contributed by atoms with Crippen LogP contribution in [0.5, 0.6) is 0 Å². The van der Waals surface area contributed by atoms with E-state index in [1.54, 1.807) is 11.3 Å². The van der Waals surface area contributed by atoms with Crippen LogP contribution >= 0.6 is 11.3 Å². The number of thiazole rings is 1. The molecule has 0 amide bonds. The zero-order valence-electron chi connectivity index (χ0n) is 10.7. The molecule has 2 aromatic rings. The minimum absolute atomic E-state index is 0.820. The highest BCUT2D eigenvalue weighted by Crippen LogP contribution is 2.13. The van der Waals surface area contributed by atoms with Gasteiger partial charge in [-0.2, -0.15) is 0 Å². The fourth-order valence-corrected chi connectivity index (χ4v) is 2.59. The molecule has 1 heterocycles. The average Bonchev–Trinajstić information content (AvgIpc) is 2.85. The van der Waals surface area contributed by atoms with Crippen molar-refractivity contribution in [1.29, 1.82) is 0 Å². The summed E-state index contributed by atoms with van der Waals surface area (Å²) in [5, 5.41) is 3.21. The molecular weight excluding hydrogens is 242 g/mol. The molecule has 4 heteroatoms. The number of rotatable bonds is 6. The standard InChI is InChI=1S/C14H19N3S/c1-2-8-17(11-14-16-7-9-18-14)10-12-3-5-13(15)6-4-12/h3-7,9H,2,8,10-11,15H2,1H3. The van der Waals surface area contributed by atoms with E-state index in [1.165, 1.54) is 10.6 Å². The fourth-order valence-electron chi connectivity index (χ4n) is 1.93. The highest BCUT2D eigenvalue weighted by molar-refractivity contribution is 7.09. The van der Waals surface area contributed by atoms with Gasteiger partial charge in [-0.15, -0.1) is 11.3 Å². The van der Waals surface area contributed by atoms with Gasteiger partial charge in [0.15, 0.2) is 0 Å². The molecule has 0 spiro atoms. The lowest BCUT2D eigenvalue weighted by Crippen LogP contribution is -2.23. The molecule has 0 atom stereocenters. The van der Waals surface area contributed by atoms with Crippen LogP contribution in [0.1, 0.15) is 23.9 Å². The molecule has 3 nitrogen and oxygen atoms in total. The maximum atomic E-state index is 5.70. The lowest BCUT2D eigenvalue weighted by atomic mass is 10.2. The van der Waals surface area contributed by atoms with Crippen LogP contribution in [-0.2, 0) is 13.1 Å². The molecule has 96 valence electrons. The van der Waals surface area contributed by atoms with Gasteiger partial charge in [-0.25, -0.2) is 4.98 Å². The third kappa shape index (κ3) is 3.82. The smallest absolute Gasteiger partial charge is 0.107 e. The van der Waals surface area contributed by atoms with E-state index in [-0.39, 0.29) is 0 Å². The number of nitrogens with two attached hydrogens (primary N) is 1. The second-order valence-electron chi connectivity index (χ2n) is 4.38. The summed E-state index contributed by atoms with van der Waals surface area (Å²) in [6, 6.07) is 8.12. The lowest BCUT2D eigenvalue weighted by molar-refractivity contribution is 0.257. The zero-order chi connectivity index (χ0) is 12.8. The number of nitrogens with zero attached hydrogens (tertiary/aromatic N) is 2. The van der Waals surface area contributed by atoms with Gasteiger partial charge in [0.05, 0.1) is 6.54 Å². The molecule has 18 heavy (non-hydrogen) atoms. The van der Waals surface area contributed by atoms with Gasteiger partial charge >= 0.3 is 0 Å². The first kappa shape index (κ1) is 13.1. The van der Waals surface area contributed by atoms with E-state index in [9.17, 15) is 0 Å². The summed E-state index contributed by atoms with van der Waals surface area (Å²) in [5.74, 6) is 0. The zero-order valence-corrected chi connectivity index (χ0v) is 11.5. The molecule has 2 N–H and O–H groups in total. The van der Waals surface area contributed by atoms with E-state index >= 15 is 0 Å². The van der Waals surface area contributed by atoms with Crippen LogP contribution in [0.25, 0.3) is 0 Å². The number of nitrogen functional groups attached to an aromatic ring is 1. The molecule has 1 aromatic carbocycles. The Bertz CT molecular complexity index is 450. The van der Waals surface area contributed by atoms with E-state index in [4.69, 9.17) is 5.73 Å². The second kappa shape index (κ2) is 6.52. The Kier molecular flexibility index (Phi) is 4.73. The minimum atomic E-state index is 0.820. The monoisotopic (exact) mass is 261 g/mol. The summed E-state index contributed by atoms with van der Waals surface area (Å²) in [6.45, 7) is 5.17. The van der Waals surface area contributed by atoms with Crippen molar-refractivity contribution in [3.8, 4) is 0 Å². The maximum absolute atomic E-state index is 5.70. The Morgan fingerprint density at radius 3 is 2.61 bits per heavy atom. The number of aromatic nitrogens is 1. The van der Waals surface area contributed by atoms with Gasteiger partial charge < -0.3 is 5.73 Å². The first-order valence-corrected chi connectivity index (χ1v) is 7.11. The van der Waals surface area contributed by atoms with E-state index in [1.807, 2.05) is 23.7 Å². The Hall–Kier alpha value is -1.39. The molecule has 0 saturated carbocycles. The summed E-state index contributed by atoms with van der Waals surface area (Å²) < 4.78 is 0. The summed E-state index contributed by atoms with van der Waals surface area (Å²) in [5.41, 5.74) is 7.82. The molecule has 0 aliphatic carbocycles. The molecule has 1 aromatic heterocycles. The van der Waals surface area contributed by atoms with Crippen LogP contribution < -0.4 is 5.73 Å². The third-order valence-corrected chi connectivity index (χ3v) is 3.53. The minimum Gasteiger partial charge on any atom is -0.399 e. The topological polar surface area (TPSA) is 42.1 Å². The predicted molar refractivity (Wildman–Crippen MR) is 77.4 cm³/mol. The Morgan fingerprint density at radius 1 is 1.22 bits per heavy atom. The Balaban J connectivity index is 1.99. The van der Waals surface area contributed by atoms with Crippen molar-refractivity contribution in [1.82, 2.24) is 9.88 Å². The number of hydrogen-bond donors (Lipinski definition) is 1. The van der Waals surface area contributed by atoms with Crippen molar-refractivity contribution in [2.75, 3.05) is 12.3 Å². The second-order valence-corrected chi connectivity index (χ2v) is 5.36. The maximum Gasteiger partial charge on any atom is 0.107 e. The number of hydrogen-bond acceptors (Lipinski definition) is 4. The molecule has 0 aliphatic rings. The van der Waals surface area contributed by atoms with Crippen molar-refractivity contribution < 1.29 is 0 Å². The van der Waals surface area contributed by atoms with Crippen LogP contribution in [0.2, 0.25) is 0 Å². The van der Waals surface area contributed by atoms with Crippen molar-refractivity contribution in [3.05, 3.63) is 46.4 Å². The quantitative estimate of drug-likeness (QED) is 0.812. The Morgan fingerprint density at radius 2 is 2.00 bits per heavy atom. The normalized spacial score (nSPS) is 11.0. The first-order chi connectivity index (χ1) is 8.78. The summed E-state index contributed by atoms with van der Waals surface area (Å²) in [4.78, 5) is 6.77. The highest BCUT2D eigenvalue weighted by atomic mass is 32.1.